The van der Waals surface area contributed by atoms with Crippen molar-refractivity contribution in [2.45, 2.75) is 13.0 Å². The summed E-state index contributed by atoms with van der Waals surface area (Å²) in [5.74, 6) is 0.416. The Balaban J connectivity index is 2.46. The molecule has 1 N–H and O–H groups in total. The summed E-state index contributed by atoms with van der Waals surface area (Å²) in [5.41, 5.74) is 1.42. The number of benzene rings is 2. The smallest absolute Gasteiger partial charge is 0.335 e. The van der Waals surface area contributed by atoms with Crippen LogP contribution in [-0.4, -0.2) is 33.9 Å². The van der Waals surface area contributed by atoms with Gasteiger partial charge in [-0.3, -0.25) is 0 Å². The van der Waals surface area contributed by atoms with E-state index < -0.39 is 12.0 Å². The molecule has 6 nitrogen and oxygen atoms in total. The second-order valence-corrected chi connectivity index (χ2v) is 5.79. The second-order valence-electron chi connectivity index (χ2n) is 5.79. The normalized spacial score (nSPS) is 11.3. The highest BCUT2D eigenvalue weighted by atomic mass is 19.1. The van der Waals surface area contributed by atoms with Crippen molar-refractivity contribution in [3.05, 3.63) is 59.9 Å². The first kappa shape index (κ1) is 21.1. The molecule has 7 heteroatoms. The van der Waals surface area contributed by atoms with Crippen LogP contribution >= 0.6 is 0 Å². The third-order valence-corrected chi connectivity index (χ3v) is 4.07. The lowest BCUT2D eigenvalue weighted by Gasteiger charge is -2.23. The first-order valence-electron chi connectivity index (χ1n) is 8.63. The molecular formula is C21H24FNO5. The van der Waals surface area contributed by atoms with Crippen molar-refractivity contribution in [1.29, 1.82) is 0 Å². The highest BCUT2D eigenvalue weighted by Gasteiger charge is 2.23. The summed E-state index contributed by atoms with van der Waals surface area (Å²) < 4.78 is 34.5. The fourth-order valence-electron chi connectivity index (χ4n) is 2.70. The van der Waals surface area contributed by atoms with Crippen LogP contribution in [0.5, 0.6) is 17.2 Å². The van der Waals surface area contributed by atoms with Crippen molar-refractivity contribution in [3.8, 4) is 17.2 Å². The van der Waals surface area contributed by atoms with E-state index in [2.05, 4.69) is 11.9 Å². The standard InChI is InChI=1S/C21H24FNO5/c1-6-28-21(24)13(2)19(14-7-9-15(22)10-8-14)23-16-11-17(25-3)20(27-5)18(12-16)26-4/h7-12,19,23H,2,6H2,1,3-5H3. The van der Waals surface area contributed by atoms with E-state index in [0.29, 0.717) is 28.5 Å². The fourth-order valence-corrected chi connectivity index (χ4v) is 2.70. The molecule has 2 aromatic carbocycles. The minimum Gasteiger partial charge on any atom is -0.493 e. The van der Waals surface area contributed by atoms with E-state index >= 15 is 0 Å². The van der Waals surface area contributed by atoms with Gasteiger partial charge in [-0.25, -0.2) is 9.18 Å². The van der Waals surface area contributed by atoms with Gasteiger partial charge in [-0.1, -0.05) is 18.7 Å². The molecule has 1 atom stereocenters. The van der Waals surface area contributed by atoms with Gasteiger partial charge in [0.25, 0.3) is 0 Å². The van der Waals surface area contributed by atoms with Crippen molar-refractivity contribution in [2.75, 3.05) is 33.3 Å². The molecule has 150 valence electrons. The fraction of sp³-hybridized carbons (Fsp3) is 0.286. The number of carbonyl (C=O) groups is 1. The molecule has 0 aliphatic rings. The lowest BCUT2D eigenvalue weighted by Crippen LogP contribution is -2.20. The number of nitrogens with one attached hydrogen (secondary N) is 1. The summed E-state index contributed by atoms with van der Waals surface area (Å²) in [7, 11) is 4.53. The molecule has 0 heterocycles. The number of ether oxygens (including phenoxy) is 4. The largest absolute Gasteiger partial charge is 0.493 e. The third-order valence-electron chi connectivity index (χ3n) is 4.07. The third kappa shape index (κ3) is 4.73. The summed E-state index contributed by atoms with van der Waals surface area (Å²) >= 11 is 0. The predicted octanol–water partition coefficient (Wildman–Crippen LogP) is 4.12. The van der Waals surface area contributed by atoms with Crippen molar-refractivity contribution >= 4 is 11.7 Å². The molecule has 0 amide bonds. The van der Waals surface area contributed by atoms with Gasteiger partial charge in [0.1, 0.15) is 5.82 Å². The van der Waals surface area contributed by atoms with Gasteiger partial charge in [-0.15, -0.1) is 0 Å². The lowest BCUT2D eigenvalue weighted by atomic mass is 9.99. The maximum absolute atomic E-state index is 13.4. The number of hydrogen-bond acceptors (Lipinski definition) is 6. The van der Waals surface area contributed by atoms with Crippen LogP contribution in [0.1, 0.15) is 18.5 Å². The molecule has 0 aliphatic heterocycles. The Labute approximate surface area is 163 Å². The number of rotatable bonds is 9. The summed E-state index contributed by atoms with van der Waals surface area (Å²) in [4.78, 5) is 12.3. The number of carbonyl (C=O) groups excluding carboxylic acids is 1. The Kier molecular flexibility index (Phi) is 7.26. The summed E-state index contributed by atoms with van der Waals surface area (Å²) in [6.45, 7) is 5.80. The van der Waals surface area contributed by atoms with Gasteiger partial charge in [0.15, 0.2) is 11.5 Å². The highest BCUT2D eigenvalue weighted by Crippen LogP contribution is 2.41. The van der Waals surface area contributed by atoms with Crippen LogP contribution in [0, 0.1) is 5.82 Å². The number of anilines is 1. The first-order valence-corrected chi connectivity index (χ1v) is 8.63. The number of halogens is 1. The molecule has 2 rings (SSSR count). The van der Waals surface area contributed by atoms with Crippen LogP contribution in [0.15, 0.2) is 48.6 Å². The number of hydrogen-bond donors (Lipinski definition) is 1. The minimum atomic E-state index is -0.651. The van der Waals surface area contributed by atoms with Crippen LogP contribution in [0.25, 0.3) is 0 Å². The second kappa shape index (κ2) is 9.64. The van der Waals surface area contributed by atoms with Gasteiger partial charge in [-0.05, 0) is 24.6 Å². The molecule has 0 bridgehead atoms. The Morgan fingerprint density at radius 1 is 1.07 bits per heavy atom. The molecule has 28 heavy (non-hydrogen) atoms. The Hall–Kier alpha value is -3.22. The zero-order chi connectivity index (χ0) is 20.7. The quantitative estimate of drug-likeness (QED) is 0.514. The van der Waals surface area contributed by atoms with E-state index in [1.165, 1.54) is 33.5 Å². The van der Waals surface area contributed by atoms with Crippen molar-refractivity contribution in [3.63, 3.8) is 0 Å². The molecule has 1 unspecified atom stereocenters. The lowest BCUT2D eigenvalue weighted by molar-refractivity contribution is -0.138. The molecule has 2 aromatic rings. The summed E-state index contributed by atoms with van der Waals surface area (Å²) in [6, 6.07) is 8.55. The summed E-state index contributed by atoms with van der Waals surface area (Å²) in [6.07, 6.45) is 0. The van der Waals surface area contributed by atoms with Gasteiger partial charge < -0.3 is 24.3 Å². The average molecular weight is 389 g/mol. The molecule has 0 radical (unpaired) electrons. The monoisotopic (exact) mass is 389 g/mol. The molecular weight excluding hydrogens is 365 g/mol. The maximum atomic E-state index is 13.4. The molecule has 0 saturated carbocycles. The molecule has 0 spiro atoms. The van der Waals surface area contributed by atoms with Crippen molar-refractivity contribution in [1.82, 2.24) is 0 Å². The number of methoxy groups -OCH3 is 3. The van der Waals surface area contributed by atoms with Crippen LogP contribution in [0.2, 0.25) is 0 Å². The van der Waals surface area contributed by atoms with E-state index in [9.17, 15) is 9.18 Å². The zero-order valence-electron chi connectivity index (χ0n) is 16.4. The SMILES string of the molecule is C=C(C(=O)OCC)C(Nc1cc(OC)c(OC)c(OC)c1)c1ccc(F)cc1. The van der Waals surface area contributed by atoms with E-state index in [0.717, 1.165) is 0 Å². The predicted molar refractivity (Wildman–Crippen MR) is 105 cm³/mol. The van der Waals surface area contributed by atoms with Gasteiger partial charge in [0.2, 0.25) is 5.75 Å². The topological polar surface area (TPSA) is 66.0 Å². The van der Waals surface area contributed by atoms with Crippen LogP contribution in [-0.2, 0) is 9.53 Å². The minimum absolute atomic E-state index is 0.183. The van der Waals surface area contributed by atoms with E-state index in [-0.39, 0.29) is 18.0 Å². The van der Waals surface area contributed by atoms with Crippen LogP contribution < -0.4 is 19.5 Å². The van der Waals surface area contributed by atoms with E-state index in [4.69, 9.17) is 18.9 Å². The van der Waals surface area contributed by atoms with Gasteiger partial charge in [-0.2, -0.15) is 0 Å². The van der Waals surface area contributed by atoms with Crippen LogP contribution in [0.4, 0.5) is 10.1 Å². The Bertz CT molecular complexity index is 810. The first-order chi connectivity index (χ1) is 13.4. The average Bonchev–Trinajstić information content (AvgIpc) is 2.71. The summed E-state index contributed by atoms with van der Waals surface area (Å²) in [5, 5.41) is 3.22. The molecule has 0 aliphatic carbocycles. The zero-order valence-corrected chi connectivity index (χ0v) is 16.4. The van der Waals surface area contributed by atoms with Crippen molar-refractivity contribution in [2.24, 2.45) is 0 Å². The van der Waals surface area contributed by atoms with E-state index in [1.807, 2.05) is 0 Å². The van der Waals surface area contributed by atoms with Crippen molar-refractivity contribution < 1.29 is 28.1 Å². The number of esters is 1. The van der Waals surface area contributed by atoms with Gasteiger partial charge >= 0.3 is 5.97 Å². The van der Waals surface area contributed by atoms with E-state index in [1.54, 1.807) is 31.2 Å². The Morgan fingerprint density at radius 3 is 2.11 bits per heavy atom. The maximum Gasteiger partial charge on any atom is 0.335 e. The molecule has 0 aromatic heterocycles. The highest BCUT2D eigenvalue weighted by molar-refractivity contribution is 5.90. The molecule has 0 saturated heterocycles. The molecule has 0 fully saturated rings. The van der Waals surface area contributed by atoms with Crippen LogP contribution in [0.3, 0.4) is 0 Å². The van der Waals surface area contributed by atoms with Gasteiger partial charge in [0.05, 0.1) is 39.6 Å². The van der Waals surface area contributed by atoms with Gasteiger partial charge in [0, 0.05) is 17.8 Å². The Morgan fingerprint density at radius 2 is 1.64 bits per heavy atom.